The van der Waals surface area contributed by atoms with E-state index in [-0.39, 0.29) is 0 Å². The van der Waals surface area contributed by atoms with E-state index in [1.54, 1.807) is 18.6 Å². The van der Waals surface area contributed by atoms with Crippen LogP contribution in [0.25, 0.3) is 0 Å². The Morgan fingerprint density at radius 1 is 1.19 bits per heavy atom. The first-order valence-electron chi connectivity index (χ1n) is 4.80. The largest absolute Gasteiger partial charge is 0.279 e. The highest BCUT2D eigenvalue weighted by atomic mass is 79.9. The van der Waals surface area contributed by atoms with Crippen molar-refractivity contribution in [1.29, 1.82) is 0 Å². The van der Waals surface area contributed by atoms with Crippen molar-refractivity contribution in [3.8, 4) is 0 Å². The van der Waals surface area contributed by atoms with E-state index in [4.69, 9.17) is 0 Å². The number of pyridine rings is 1. The summed E-state index contributed by atoms with van der Waals surface area (Å²) in [6.45, 7) is 0. The molecule has 0 spiro atoms. The Morgan fingerprint density at radius 3 is 2.75 bits per heavy atom. The van der Waals surface area contributed by atoms with Gasteiger partial charge in [-0.05, 0) is 34.1 Å². The molecule has 0 unspecified atom stereocenters. The normalized spacial score (nSPS) is 10.6. The summed E-state index contributed by atoms with van der Waals surface area (Å²) in [5, 5.41) is 4.14. The molecule has 0 radical (unpaired) electrons. The van der Waals surface area contributed by atoms with Gasteiger partial charge in [-0.25, -0.2) is 0 Å². The number of para-hydroxylation sites is 1. The number of benzene rings is 1. The van der Waals surface area contributed by atoms with Crippen LogP contribution in [0.2, 0.25) is 0 Å². The highest BCUT2D eigenvalue weighted by Gasteiger charge is 1.93. The smallest absolute Gasteiger partial charge is 0.0561 e. The van der Waals surface area contributed by atoms with Crippen LogP contribution in [-0.4, -0.2) is 11.2 Å². The van der Waals surface area contributed by atoms with Gasteiger partial charge in [0.2, 0.25) is 0 Å². The fourth-order valence-corrected chi connectivity index (χ4v) is 1.53. The Hall–Kier alpha value is -1.68. The van der Waals surface area contributed by atoms with Gasteiger partial charge in [-0.2, -0.15) is 5.10 Å². The van der Waals surface area contributed by atoms with Crippen molar-refractivity contribution in [2.75, 3.05) is 5.43 Å². The number of halogens is 1. The molecule has 0 fully saturated rings. The summed E-state index contributed by atoms with van der Waals surface area (Å²) >= 11 is 3.40. The molecule has 4 heteroatoms. The zero-order valence-corrected chi connectivity index (χ0v) is 10.1. The first-order valence-corrected chi connectivity index (χ1v) is 5.59. The quantitative estimate of drug-likeness (QED) is 0.690. The van der Waals surface area contributed by atoms with E-state index in [2.05, 4.69) is 31.4 Å². The predicted molar refractivity (Wildman–Crippen MR) is 69.6 cm³/mol. The summed E-state index contributed by atoms with van der Waals surface area (Å²) in [6, 6.07) is 11.7. The molecule has 0 atom stereocenters. The van der Waals surface area contributed by atoms with Crippen LogP contribution in [0, 0.1) is 0 Å². The zero-order valence-electron chi connectivity index (χ0n) is 8.47. The molecule has 1 aromatic carbocycles. The molecule has 3 nitrogen and oxygen atoms in total. The molecule has 1 N–H and O–H groups in total. The molecule has 80 valence electrons. The second-order valence-electron chi connectivity index (χ2n) is 3.13. The zero-order chi connectivity index (χ0) is 11.2. The number of hydrogen-bond donors (Lipinski definition) is 1. The van der Waals surface area contributed by atoms with E-state index in [0.29, 0.717) is 0 Å². The van der Waals surface area contributed by atoms with E-state index < -0.39 is 0 Å². The van der Waals surface area contributed by atoms with Crippen molar-refractivity contribution in [3.63, 3.8) is 0 Å². The molecular formula is C12H10BrN3. The third kappa shape index (κ3) is 2.90. The fraction of sp³-hybridized carbons (Fsp3) is 0. The molecule has 0 amide bonds. The number of hydrogen-bond acceptors (Lipinski definition) is 3. The van der Waals surface area contributed by atoms with Crippen LogP contribution in [0.1, 0.15) is 5.56 Å². The van der Waals surface area contributed by atoms with E-state index in [0.717, 1.165) is 15.7 Å². The van der Waals surface area contributed by atoms with Crippen LogP contribution in [0.3, 0.4) is 0 Å². The lowest BCUT2D eigenvalue weighted by atomic mass is 10.3. The lowest BCUT2D eigenvalue weighted by Crippen LogP contribution is -1.91. The molecule has 0 saturated carbocycles. The van der Waals surface area contributed by atoms with Crippen molar-refractivity contribution in [2.24, 2.45) is 5.10 Å². The molecule has 0 saturated heterocycles. The Kier molecular flexibility index (Phi) is 3.66. The summed E-state index contributed by atoms with van der Waals surface area (Å²) < 4.78 is 0.925. The van der Waals surface area contributed by atoms with Crippen molar-refractivity contribution < 1.29 is 0 Å². The van der Waals surface area contributed by atoms with Gasteiger partial charge in [0.25, 0.3) is 0 Å². The first kappa shape index (κ1) is 10.8. The van der Waals surface area contributed by atoms with Gasteiger partial charge in [0.15, 0.2) is 0 Å². The highest BCUT2D eigenvalue weighted by molar-refractivity contribution is 9.10. The van der Waals surface area contributed by atoms with E-state index >= 15 is 0 Å². The lowest BCUT2D eigenvalue weighted by molar-refractivity contribution is 1.29. The fourth-order valence-electron chi connectivity index (χ4n) is 1.18. The number of nitrogens with one attached hydrogen (secondary N) is 1. The summed E-state index contributed by atoms with van der Waals surface area (Å²) in [4.78, 5) is 3.98. The molecule has 0 bridgehead atoms. The van der Waals surface area contributed by atoms with Gasteiger partial charge in [0.1, 0.15) is 0 Å². The maximum atomic E-state index is 4.14. The van der Waals surface area contributed by atoms with Crippen molar-refractivity contribution in [1.82, 2.24) is 4.98 Å². The molecule has 1 aromatic heterocycles. The minimum atomic E-state index is 0.925. The van der Waals surface area contributed by atoms with Gasteiger partial charge in [-0.3, -0.25) is 10.4 Å². The molecule has 2 aromatic rings. The molecule has 2 rings (SSSR count). The van der Waals surface area contributed by atoms with Gasteiger partial charge in [-0.1, -0.05) is 18.2 Å². The maximum Gasteiger partial charge on any atom is 0.0561 e. The van der Waals surface area contributed by atoms with E-state index in [1.807, 2.05) is 36.4 Å². The lowest BCUT2D eigenvalue weighted by Gasteiger charge is -1.99. The molecule has 16 heavy (non-hydrogen) atoms. The Labute approximate surface area is 102 Å². The van der Waals surface area contributed by atoms with Crippen LogP contribution >= 0.6 is 15.9 Å². The maximum absolute atomic E-state index is 4.14. The van der Waals surface area contributed by atoms with Gasteiger partial charge in [0, 0.05) is 22.4 Å². The van der Waals surface area contributed by atoms with E-state index in [1.165, 1.54) is 0 Å². The van der Waals surface area contributed by atoms with Crippen LogP contribution in [0.4, 0.5) is 5.69 Å². The molecule has 0 aliphatic rings. The average molecular weight is 276 g/mol. The Bertz CT molecular complexity index is 483. The minimum Gasteiger partial charge on any atom is -0.279 e. The number of anilines is 1. The van der Waals surface area contributed by atoms with Crippen LogP contribution in [0.15, 0.2) is 58.4 Å². The SMILES string of the molecule is Brc1cnccc1/C=N/Nc1ccccc1. The summed E-state index contributed by atoms with van der Waals surface area (Å²) in [5.41, 5.74) is 4.90. The first-order chi connectivity index (χ1) is 7.86. The predicted octanol–water partition coefficient (Wildman–Crippen LogP) is 3.29. The topological polar surface area (TPSA) is 37.3 Å². The number of rotatable bonds is 3. The third-order valence-corrected chi connectivity index (χ3v) is 2.64. The van der Waals surface area contributed by atoms with Gasteiger partial charge < -0.3 is 0 Å². The monoisotopic (exact) mass is 275 g/mol. The summed E-state index contributed by atoms with van der Waals surface area (Å²) in [6.07, 6.45) is 5.22. The van der Waals surface area contributed by atoms with Gasteiger partial charge in [-0.15, -0.1) is 0 Å². The number of hydrazone groups is 1. The summed E-state index contributed by atoms with van der Waals surface area (Å²) in [5.74, 6) is 0. The third-order valence-electron chi connectivity index (χ3n) is 1.97. The number of nitrogens with zero attached hydrogens (tertiary/aromatic N) is 2. The standard InChI is InChI=1S/C12H10BrN3/c13-12-9-14-7-6-10(12)8-15-16-11-4-2-1-3-5-11/h1-9,16H/b15-8+. The van der Waals surface area contributed by atoms with Crippen molar-refractivity contribution in [2.45, 2.75) is 0 Å². The van der Waals surface area contributed by atoms with Crippen LogP contribution < -0.4 is 5.43 Å². The Morgan fingerprint density at radius 2 is 2.00 bits per heavy atom. The van der Waals surface area contributed by atoms with E-state index in [9.17, 15) is 0 Å². The molecular weight excluding hydrogens is 266 g/mol. The molecule has 0 aliphatic heterocycles. The van der Waals surface area contributed by atoms with Crippen molar-refractivity contribution >= 4 is 27.8 Å². The van der Waals surface area contributed by atoms with Crippen LogP contribution in [0.5, 0.6) is 0 Å². The van der Waals surface area contributed by atoms with Gasteiger partial charge in [0.05, 0.1) is 11.9 Å². The molecule has 1 heterocycles. The average Bonchev–Trinajstić information content (AvgIpc) is 2.33. The summed E-state index contributed by atoms with van der Waals surface area (Å²) in [7, 11) is 0. The second kappa shape index (κ2) is 5.42. The minimum absolute atomic E-state index is 0.925. The highest BCUT2D eigenvalue weighted by Crippen LogP contribution is 2.12. The van der Waals surface area contributed by atoms with Crippen LogP contribution in [-0.2, 0) is 0 Å². The number of aromatic nitrogens is 1. The molecule has 0 aliphatic carbocycles. The second-order valence-corrected chi connectivity index (χ2v) is 3.99. The van der Waals surface area contributed by atoms with Crippen molar-refractivity contribution in [3.05, 3.63) is 58.8 Å². The Balaban J connectivity index is 2.03. The van der Waals surface area contributed by atoms with Gasteiger partial charge >= 0.3 is 0 Å².